The Morgan fingerprint density at radius 1 is 1.40 bits per heavy atom. The first-order chi connectivity index (χ1) is 7.18. The van der Waals surface area contributed by atoms with Crippen molar-refractivity contribution in [3.63, 3.8) is 0 Å². The van der Waals surface area contributed by atoms with Crippen LogP contribution < -0.4 is 11.1 Å². The highest BCUT2D eigenvalue weighted by Crippen LogP contribution is 2.07. The van der Waals surface area contributed by atoms with Crippen molar-refractivity contribution in [3.05, 3.63) is 0 Å². The largest absolute Gasteiger partial charge is 0.370 e. The summed E-state index contributed by atoms with van der Waals surface area (Å²) in [6, 6.07) is 0.368. The lowest BCUT2D eigenvalue weighted by molar-refractivity contribution is 0.336. The van der Waals surface area contributed by atoms with Crippen LogP contribution in [0.15, 0.2) is 4.99 Å². The van der Waals surface area contributed by atoms with Gasteiger partial charge in [0.1, 0.15) is 0 Å². The van der Waals surface area contributed by atoms with Gasteiger partial charge in [-0.1, -0.05) is 0 Å². The summed E-state index contributed by atoms with van der Waals surface area (Å²) in [6.07, 6.45) is 3.83. The van der Waals surface area contributed by atoms with Gasteiger partial charge < -0.3 is 16.0 Å². The summed E-state index contributed by atoms with van der Waals surface area (Å²) in [5, 5.41) is 3.09. The minimum absolute atomic E-state index is 0.368. The second-order valence-corrected chi connectivity index (χ2v) is 4.47. The van der Waals surface area contributed by atoms with Gasteiger partial charge in [-0.3, -0.25) is 4.99 Å². The van der Waals surface area contributed by atoms with Crippen LogP contribution in [0.4, 0.5) is 0 Å². The number of nitrogens with zero attached hydrogens (tertiary/aromatic N) is 2. The molecule has 3 N–H and O–H groups in total. The smallest absolute Gasteiger partial charge is 0.188 e. The SMILES string of the molecule is CC(C)NC(N)=NCCCN1CCCC1. The maximum absolute atomic E-state index is 5.69. The van der Waals surface area contributed by atoms with Gasteiger partial charge in [-0.05, 0) is 52.7 Å². The molecular weight excluding hydrogens is 188 g/mol. The maximum Gasteiger partial charge on any atom is 0.188 e. The molecule has 0 aromatic carbocycles. The Balaban J connectivity index is 2.04. The number of guanidine groups is 1. The highest BCUT2D eigenvalue weighted by atomic mass is 15.1. The number of aliphatic imine (C=N–C) groups is 1. The van der Waals surface area contributed by atoms with Crippen molar-refractivity contribution in [2.24, 2.45) is 10.7 Å². The van der Waals surface area contributed by atoms with E-state index >= 15 is 0 Å². The zero-order valence-electron chi connectivity index (χ0n) is 10.00. The van der Waals surface area contributed by atoms with E-state index in [4.69, 9.17) is 5.73 Å². The molecule has 88 valence electrons. The maximum atomic E-state index is 5.69. The summed E-state index contributed by atoms with van der Waals surface area (Å²) in [6.45, 7) is 8.66. The Morgan fingerprint density at radius 3 is 2.67 bits per heavy atom. The second-order valence-electron chi connectivity index (χ2n) is 4.47. The van der Waals surface area contributed by atoms with Gasteiger partial charge in [0.15, 0.2) is 5.96 Å². The van der Waals surface area contributed by atoms with Crippen molar-refractivity contribution in [2.45, 2.75) is 39.2 Å². The van der Waals surface area contributed by atoms with Crippen molar-refractivity contribution in [1.29, 1.82) is 0 Å². The molecule has 0 aromatic heterocycles. The van der Waals surface area contributed by atoms with E-state index in [1.54, 1.807) is 0 Å². The molecule has 0 saturated carbocycles. The van der Waals surface area contributed by atoms with Crippen LogP contribution in [0, 0.1) is 0 Å². The summed E-state index contributed by atoms with van der Waals surface area (Å²) >= 11 is 0. The van der Waals surface area contributed by atoms with Crippen molar-refractivity contribution >= 4 is 5.96 Å². The van der Waals surface area contributed by atoms with E-state index in [0.717, 1.165) is 13.0 Å². The molecule has 15 heavy (non-hydrogen) atoms. The molecule has 0 bridgehead atoms. The average molecular weight is 212 g/mol. The molecule has 0 spiro atoms. The van der Waals surface area contributed by atoms with E-state index in [2.05, 4.69) is 29.1 Å². The Bertz CT molecular complexity index is 195. The standard InChI is InChI=1S/C11H24N4/c1-10(2)14-11(12)13-6-5-9-15-7-3-4-8-15/h10H,3-9H2,1-2H3,(H3,12,13,14). The van der Waals surface area contributed by atoms with Crippen molar-refractivity contribution < 1.29 is 0 Å². The van der Waals surface area contributed by atoms with Crippen LogP contribution >= 0.6 is 0 Å². The summed E-state index contributed by atoms with van der Waals surface area (Å²) < 4.78 is 0. The van der Waals surface area contributed by atoms with E-state index in [9.17, 15) is 0 Å². The number of hydrogen-bond donors (Lipinski definition) is 2. The van der Waals surface area contributed by atoms with E-state index in [1.165, 1.54) is 32.5 Å². The van der Waals surface area contributed by atoms with Crippen molar-refractivity contribution in [1.82, 2.24) is 10.2 Å². The van der Waals surface area contributed by atoms with Crippen LogP contribution in [0.2, 0.25) is 0 Å². The Kier molecular flexibility index (Phi) is 5.47. The lowest BCUT2D eigenvalue weighted by Gasteiger charge is -2.13. The molecule has 0 radical (unpaired) electrons. The Hall–Kier alpha value is -0.770. The zero-order chi connectivity index (χ0) is 11.1. The fourth-order valence-electron chi connectivity index (χ4n) is 1.84. The van der Waals surface area contributed by atoms with Gasteiger partial charge in [-0.25, -0.2) is 0 Å². The third-order valence-electron chi connectivity index (χ3n) is 2.55. The second kappa shape index (κ2) is 6.67. The minimum Gasteiger partial charge on any atom is -0.370 e. The van der Waals surface area contributed by atoms with Crippen molar-refractivity contribution in [2.75, 3.05) is 26.2 Å². The topological polar surface area (TPSA) is 53.6 Å². The molecule has 1 aliphatic rings. The van der Waals surface area contributed by atoms with Crippen molar-refractivity contribution in [3.8, 4) is 0 Å². The predicted octanol–water partition coefficient (Wildman–Crippen LogP) is 0.785. The monoisotopic (exact) mass is 212 g/mol. The van der Waals surface area contributed by atoms with E-state index in [0.29, 0.717) is 12.0 Å². The Morgan fingerprint density at radius 2 is 2.07 bits per heavy atom. The molecule has 1 aliphatic heterocycles. The first kappa shape index (κ1) is 12.3. The quantitative estimate of drug-likeness (QED) is 0.402. The molecule has 0 unspecified atom stereocenters. The number of rotatable bonds is 5. The van der Waals surface area contributed by atoms with Gasteiger partial charge in [0.25, 0.3) is 0 Å². The fourth-order valence-corrected chi connectivity index (χ4v) is 1.84. The van der Waals surface area contributed by atoms with Gasteiger partial charge in [0, 0.05) is 12.6 Å². The highest BCUT2D eigenvalue weighted by molar-refractivity contribution is 5.77. The fraction of sp³-hybridized carbons (Fsp3) is 0.909. The number of likely N-dealkylation sites (tertiary alicyclic amines) is 1. The lowest BCUT2D eigenvalue weighted by Crippen LogP contribution is -2.36. The van der Waals surface area contributed by atoms with Gasteiger partial charge in [0.05, 0.1) is 0 Å². The molecule has 4 heteroatoms. The summed E-state index contributed by atoms with van der Waals surface area (Å²) in [4.78, 5) is 6.78. The van der Waals surface area contributed by atoms with E-state index in [1.807, 2.05) is 0 Å². The lowest BCUT2D eigenvalue weighted by atomic mass is 10.4. The molecule has 0 aromatic rings. The van der Waals surface area contributed by atoms with Gasteiger partial charge in [0.2, 0.25) is 0 Å². The van der Waals surface area contributed by atoms with Gasteiger partial charge in [-0.2, -0.15) is 0 Å². The van der Waals surface area contributed by atoms with Crippen LogP contribution in [-0.4, -0.2) is 43.1 Å². The molecular formula is C11H24N4. The normalized spacial score (nSPS) is 18.7. The molecule has 1 saturated heterocycles. The van der Waals surface area contributed by atoms with Crippen LogP contribution in [-0.2, 0) is 0 Å². The molecule has 1 rings (SSSR count). The van der Waals surface area contributed by atoms with Crippen LogP contribution in [0.3, 0.4) is 0 Å². The highest BCUT2D eigenvalue weighted by Gasteiger charge is 2.09. The molecule has 4 nitrogen and oxygen atoms in total. The predicted molar refractivity (Wildman–Crippen MR) is 65.1 cm³/mol. The average Bonchev–Trinajstić information content (AvgIpc) is 2.63. The number of nitrogens with one attached hydrogen (secondary N) is 1. The number of nitrogens with two attached hydrogens (primary N) is 1. The molecule has 1 fully saturated rings. The Labute approximate surface area is 92.9 Å². The first-order valence-corrected chi connectivity index (χ1v) is 5.97. The first-order valence-electron chi connectivity index (χ1n) is 5.97. The molecule has 0 aliphatic carbocycles. The third-order valence-corrected chi connectivity index (χ3v) is 2.55. The van der Waals surface area contributed by atoms with Crippen LogP contribution in [0.5, 0.6) is 0 Å². The summed E-state index contributed by atoms with van der Waals surface area (Å²) in [7, 11) is 0. The molecule has 1 heterocycles. The molecule has 0 atom stereocenters. The van der Waals surface area contributed by atoms with E-state index < -0.39 is 0 Å². The minimum atomic E-state index is 0.368. The zero-order valence-corrected chi connectivity index (χ0v) is 10.00. The third kappa shape index (κ3) is 5.62. The molecule has 0 amide bonds. The van der Waals surface area contributed by atoms with E-state index in [-0.39, 0.29) is 0 Å². The van der Waals surface area contributed by atoms with Gasteiger partial charge in [-0.15, -0.1) is 0 Å². The number of hydrogen-bond acceptors (Lipinski definition) is 2. The summed E-state index contributed by atoms with van der Waals surface area (Å²) in [5.74, 6) is 0.575. The van der Waals surface area contributed by atoms with Gasteiger partial charge >= 0.3 is 0 Å². The van der Waals surface area contributed by atoms with Crippen LogP contribution in [0.1, 0.15) is 33.1 Å². The van der Waals surface area contributed by atoms with Crippen LogP contribution in [0.25, 0.3) is 0 Å². The summed E-state index contributed by atoms with van der Waals surface area (Å²) in [5.41, 5.74) is 5.69.